The molecule has 2 aromatic rings. The molecule has 0 saturated carbocycles. The molecule has 4 rings (SSSR count). The van der Waals surface area contributed by atoms with Crippen molar-refractivity contribution >= 4 is 33.2 Å². The molecule has 1 aliphatic heterocycles. The van der Waals surface area contributed by atoms with Crippen LogP contribution in [0, 0.1) is 5.92 Å². The van der Waals surface area contributed by atoms with Crippen LogP contribution >= 0.6 is 27.5 Å². The molecule has 1 heterocycles. The van der Waals surface area contributed by atoms with Crippen LogP contribution in [0.25, 0.3) is 0 Å². The van der Waals surface area contributed by atoms with Crippen LogP contribution in [0.5, 0.6) is 0 Å². The molecule has 0 unspecified atom stereocenters. The quantitative estimate of drug-likeness (QED) is 0.622. The molecule has 0 saturated heterocycles. The van der Waals surface area contributed by atoms with Gasteiger partial charge in [0, 0.05) is 21.1 Å². The molecule has 0 bridgehead atoms. The van der Waals surface area contributed by atoms with Gasteiger partial charge in [-0.15, -0.1) is 0 Å². The average molecular weight is 361 g/mol. The average Bonchev–Trinajstić information content (AvgIpc) is 2.97. The van der Waals surface area contributed by atoms with Gasteiger partial charge in [-0.05, 0) is 53.8 Å². The summed E-state index contributed by atoms with van der Waals surface area (Å²) in [7, 11) is 0. The van der Waals surface area contributed by atoms with Crippen LogP contribution in [0.3, 0.4) is 0 Å². The summed E-state index contributed by atoms with van der Waals surface area (Å²) in [6.45, 7) is 0. The van der Waals surface area contributed by atoms with Crippen molar-refractivity contribution in [2.75, 3.05) is 5.32 Å². The Hall–Kier alpha value is -1.25. The van der Waals surface area contributed by atoms with Crippen LogP contribution in [0.2, 0.25) is 5.02 Å². The standard InChI is InChI=1S/C18H15BrClN/c19-12-6-9-17-16(10-12)14-2-1-3-15(14)18(21-17)11-4-7-13(20)8-5-11/h1-2,4-10,14-15,18,21H,3H2/t14-,15+,18+/m1/s1. The first-order valence-electron chi connectivity index (χ1n) is 7.20. The molecule has 1 N–H and O–H groups in total. The van der Waals surface area contributed by atoms with Gasteiger partial charge in [0.2, 0.25) is 0 Å². The van der Waals surface area contributed by atoms with E-state index in [1.165, 1.54) is 16.8 Å². The first-order valence-corrected chi connectivity index (χ1v) is 8.37. The van der Waals surface area contributed by atoms with Gasteiger partial charge in [-0.2, -0.15) is 0 Å². The summed E-state index contributed by atoms with van der Waals surface area (Å²) in [5.74, 6) is 1.08. The summed E-state index contributed by atoms with van der Waals surface area (Å²) in [6.07, 6.45) is 5.80. The maximum absolute atomic E-state index is 6.02. The third kappa shape index (κ3) is 2.31. The highest BCUT2D eigenvalue weighted by molar-refractivity contribution is 9.10. The fourth-order valence-corrected chi connectivity index (χ4v) is 4.07. The van der Waals surface area contributed by atoms with Gasteiger partial charge in [0.25, 0.3) is 0 Å². The van der Waals surface area contributed by atoms with Crippen LogP contribution in [0.4, 0.5) is 5.69 Å². The van der Waals surface area contributed by atoms with Gasteiger partial charge < -0.3 is 5.32 Å². The topological polar surface area (TPSA) is 12.0 Å². The Kier molecular flexibility index (Phi) is 3.31. The van der Waals surface area contributed by atoms with Gasteiger partial charge >= 0.3 is 0 Å². The maximum Gasteiger partial charge on any atom is 0.0553 e. The molecule has 2 aliphatic rings. The normalized spacial score (nSPS) is 26.1. The molecular formula is C18H15BrClN. The number of fused-ring (bicyclic) bond motifs is 3. The highest BCUT2D eigenvalue weighted by Crippen LogP contribution is 2.50. The van der Waals surface area contributed by atoms with Gasteiger partial charge in [0.15, 0.2) is 0 Å². The summed E-state index contributed by atoms with van der Waals surface area (Å²) in [5.41, 5.74) is 3.95. The highest BCUT2D eigenvalue weighted by Gasteiger charge is 2.37. The SMILES string of the molecule is Clc1ccc([C@@H]2Nc3ccc(Br)cc3[C@@H]3C=CC[C@@H]32)cc1. The van der Waals surface area contributed by atoms with Crippen molar-refractivity contribution < 1.29 is 0 Å². The smallest absolute Gasteiger partial charge is 0.0553 e. The molecule has 1 aliphatic carbocycles. The van der Waals surface area contributed by atoms with Gasteiger partial charge in [-0.1, -0.05) is 51.8 Å². The molecule has 3 heteroatoms. The number of halogens is 2. The minimum absolute atomic E-state index is 0.343. The van der Waals surface area contributed by atoms with Crippen molar-refractivity contribution in [1.29, 1.82) is 0 Å². The van der Waals surface area contributed by atoms with Crippen molar-refractivity contribution in [3.05, 3.63) is 75.2 Å². The summed E-state index contributed by atoms with van der Waals surface area (Å²) < 4.78 is 1.15. The molecule has 1 nitrogen and oxygen atoms in total. The molecule has 2 aromatic carbocycles. The van der Waals surface area contributed by atoms with Crippen LogP contribution in [0.15, 0.2) is 59.1 Å². The number of anilines is 1. The predicted octanol–water partition coefficient (Wildman–Crippen LogP) is 5.93. The summed E-state index contributed by atoms with van der Waals surface area (Å²) in [4.78, 5) is 0. The Morgan fingerprint density at radius 1 is 1.10 bits per heavy atom. The Labute approximate surface area is 138 Å². The van der Waals surface area contributed by atoms with Crippen molar-refractivity contribution in [2.24, 2.45) is 5.92 Å². The number of benzene rings is 2. The predicted molar refractivity (Wildman–Crippen MR) is 91.9 cm³/mol. The Bertz CT molecular complexity index is 708. The van der Waals surface area contributed by atoms with E-state index in [2.05, 4.69) is 63.7 Å². The van der Waals surface area contributed by atoms with Crippen molar-refractivity contribution in [1.82, 2.24) is 0 Å². The lowest BCUT2D eigenvalue weighted by atomic mass is 9.77. The largest absolute Gasteiger partial charge is 0.378 e. The van der Waals surface area contributed by atoms with E-state index in [9.17, 15) is 0 Å². The molecule has 0 aromatic heterocycles. The summed E-state index contributed by atoms with van der Waals surface area (Å²) in [5, 5.41) is 4.52. The summed E-state index contributed by atoms with van der Waals surface area (Å²) >= 11 is 9.61. The Morgan fingerprint density at radius 3 is 2.71 bits per heavy atom. The zero-order valence-corrected chi connectivity index (χ0v) is 13.7. The van der Waals surface area contributed by atoms with Gasteiger partial charge in [0.05, 0.1) is 6.04 Å². The molecule has 0 radical (unpaired) electrons. The maximum atomic E-state index is 6.02. The molecule has 21 heavy (non-hydrogen) atoms. The first kappa shape index (κ1) is 13.4. The lowest BCUT2D eigenvalue weighted by Gasteiger charge is -2.37. The monoisotopic (exact) mass is 359 g/mol. The van der Waals surface area contributed by atoms with E-state index in [1.54, 1.807) is 0 Å². The first-order chi connectivity index (χ1) is 10.2. The van der Waals surface area contributed by atoms with Crippen LogP contribution in [0.1, 0.15) is 29.5 Å². The van der Waals surface area contributed by atoms with E-state index in [0.29, 0.717) is 17.9 Å². The molecular weight excluding hydrogens is 346 g/mol. The van der Waals surface area contributed by atoms with Gasteiger partial charge in [0.1, 0.15) is 0 Å². The minimum Gasteiger partial charge on any atom is -0.378 e. The van der Waals surface area contributed by atoms with Gasteiger partial charge in [-0.3, -0.25) is 0 Å². The van der Waals surface area contributed by atoms with E-state index in [1.807, 2.05) is 12.1 Å². The van der Waals surface area contributed by atoms with Crippen molar-refractivity contribution in [3.63, 3.8) is 0 Å². The third-order valence-electron chi connectivity index (χ3n) is 4.55. The Balaban J connectivity index is 1.78. The zero-order chi connectivity index (χ0) is 14.4. The highest BCUT2D eigenvalue weighted by atomic mass is 79.9. The van der Waals surface area contributed by atoms with Crippen molar-refractivity contribution in [3.8, 4) is 0 Å². The number of allylic oxidation sites excluding steroid dienone is 2. The van der Waals surface area contributed by atoms with E-state index >= 15 is 0 Å². The van der Waals surface area contributed by atoms with Crippen LogP contribution in [-0.4, -0.2) is 0 Å². The number of rotatable bonds is 1. The van der Waals surface area contributed by atoms with Crippen LogP contribution in [-0.2, 0) is 0 Å². The van der Waals surface area contributed by atoms with E-state index < -0.39 is 0 Å². The van der Waals surface area contributed by atoms with Gasteiger partial charge in [-0.25, -0.2) is 0 Å². The van der Waals surface area contributed by atoms with E-state index in [4.69, 9.17) is 11.6 Å². The van der Waals surface area contributed by atoms with Crippen molar-refractivity contribution in [2.45, 2.75) is 18.4 Å². The van der Waals surface area contributed by atoms with Crippen LogP contribution < -0.4 is 5.32 Å². The van der Waals surface area contributed by atoms with E-state index in [-0.39, 0.29) is 0 Å². The lowest BCUT2D eigenvalue weighted by Crippen LogP contribution is -2.28. The second-order valence-electron chi connectivity index (χ2n) is 5.76. The second-order valence-corrected chi connectivity index (χ2v) is 7.11. The molecule has 0 spiro atoms. The number of nitrogens with one attached hydrogen (secondary N) is 1. The second kappa shape index (κ2) is 5.19. The van der Waals surface area contributed by atoms with E-state index in [0.717, 1.165) is 15.9 Å². The third-order valence-corrected chi connectivity index (χ3v) is 5.30. The fourth-order valence-electron chi connectivity index (χ4n) is 3.57. The molecule has 106 valence electrons. The summed E-state index contributed by atoms with van der Waals surface area (Å²) in [6, 6.07) is 15.1. The molecule has 0 fully saturated rings. The molecule has 3 atom stereocenters. The molecule has 0 amide bonds. The number of hydrogen-bond acceptors (Lipinski definition) is 1. The lowest BCUT2D eigenvalue weighted by molar-refractivity contribution is 0.425. The number of hydrogen-bond donors (Lipinski definition) is 1. The minimum atomic E-state index is 0.343. The Morgan fingerprint density at radius 2 is 1.90 bits per heavy atom. The zero-order valence-electron chi connectivity index (χ0n) is 11.4. The fraction of sp³-hybridized carbons (Fsp3) is 0.222.